The quantitative estimate of drug-likeness (QED) is 0.628. The van der Waals surface area contributed by atoms with Crippen LogP contribution in [0.1, 0.15) is 28.8 Å². The summed E-state index contributed by atoms with van der Waals surface area (Å²) in [6.07, 6.45) is 0. The van der Waals surface area contributed by atoms with Crippen molar-refractivity contribution in [3.8, 4) is 5.75 Å². The van der Waals surface area contributed by atoms with Crippen molar-refractivity contribution in [2.75, 3.05) is 44.9 Å². The summed E-state index contributed by atoms with van der Waals surface area (Å²) in [6, 6.07) is 8.33. The van der Waals surface area contributed by atoms with Gasteiger partial charge in [0.2, 0.25) is 0 Å². The molecule has 3 heterocycles. The number of quaternary nitrogens is 1. The third-order valence-electron chi connectivity index (χ3n) is 5.68. The van der Waals surface area contributed by atoms with E-state index in [1.165, 1.54) is 26.3 Å². The van der Waals surface area contributed by atoms with Crippen molar-refractivity contribution in [2.24, 2.45) is 0 Å². The molecule has 160 valence electrons. The van der Waals surface area contributed by atoms with Crippen molar-refractivity contribution in [1.29, 1.82) is 0 Å². The Balaban J connectivity index is 1.63. The molecule has 0 atom stereocenters. The first-order chi connectivity index (χ1) is 14.5. The van der Waals surface area contributed by atoms with Crippen LogP contribution in [0, 0.1) is 13.8 Å². The molecule has 0 amide bonds. The molecule has 6 nitrogen and oxygen atoms in total. The standard InChI is InChI=1S/C23H30N4O2S/c1-5-29-19-8-6-18(7-9-19)14-26(4)22-21-16(2)17(3)30-23(21)25-20(24-22)15-27-10-12-28-13-11-27/h6-9H,5,10-15H2,1-4H3/p+1. The first kappa shape index (κ1) is 21.0. The van der Waals surface area contributed by atoms with Crippen molar-refractivity contribution >= 4 is 27.4 Å². The lowest BCUT2D eigenvalue weighted by molar-refractivity contribution is -0.922. The Labute approximate surface area is 182 Å². The van der Waals surface area contributed by atoms with E-state index in [-0.39, 0.29) is 0 Å². The zero-order valence-electron chi connectivity index (χ0n) is 18.3. The molecule has 2 aromatic heterocycles. The van der Waals surface area contributed by atoms with E-state index in [0.717, 1.165) is 61.6 Å². The van der Waals surface area contributed by atoms with Crippen LogP contribution in [0.5, 0.6) is 5.75 Å². The number of nitrogens with one attached hydrogen (secondary N) is 1. The second-order valence-corrected chi connectivity index (χ2v) is 9.10. The van der Waals surface area contributed by atoms with Crippen LogP contribution in [-0.2, 0) is 17.8 Å². The summed E-state index contributed by atoms with van der Waals surface area (Å²) in [5.74, 6) is 2.86. The minimum atomic E-state index is 0.683. The van der Waals surface area contributed by atoms with Gasteiger partial charge in [-0.05, 0) is 44.0 Å². The minimum absolute atomic E-state index is 0.683. The van der Waals surface area contributed by atoms with Gasteiger partial charge in [-0.1, -0.05) is 12.1 Å². The maximum absolute atomic E-state index is 5.57. The Morgan fingerprint density at radius 2 is 1.87 bits per heavy atom. The lowest BCUT2D eigenvalue weighted by atomic mass is 10.1. The molecule has 4 rings (SSSR count). The number of thiophene rings is 1. The van der Waals surface area contributed by atoms with Crippen molar-refractivity contribution in [3.05, 3.63) is 46.1 Å². The molecule has 1 fully saturated rings. The second kappa shape index (κ2) is 9.29. The minimum Gasteiger partial charge on any atom is -0.494 e. The van der Waals surface area contributed by atoms with Crippen LogP contribution in [0.2, 0.25) is 0 Å². The molecule has 0 aliphatic carbocycles. The highest BCUT2D eigenvalue weighted by molar-refractivity contribution is 7.18. The fourth-order valence-corrected chi connectivity index (χ4v) is 4.94. The highest BCUT2D eigenvalue weighted by atomic mass is 32.1. The number of morpholine rings is 1. The lowest BCUT2D eigenvalue weighted by Gasteiger charge is -2.24. The molecule has 1 N–H and O–H groups in total. The molecule has 1 aromatic carbocycles. The number of rotatable bonds is 7. The van der Waals surface area contributed by atoms with Crippen molar-refractivity contribution < 1.29 is 14.4 Å². The zero-order chi connectivity index (χ0) is 21.1. The van der Waals surface area contributed by atoms with E-state index in [2.05, 4.69) is 37.9 Å². The smallest absolute Gasteiger partial charge is 0.187 e. The maximum atomic E-state index is 5.57. The molecule has 0 unspecified atom stereocenters. The van der Waals surface area contributed by atoms with Gasteiger partial charge in [0.15, 0.2) is 5.82 Å². The van der Waals surface area contributed by atoms with Crippen molar-refractivity contribution in [3.63, 3.8) is 0 Å². The number of benzene rings is 1. The molecular formula is C23H31N4O2S+. The number of hydrogen-bond donors (Lipinski definition) is 1. The Kier molecular flexibility index (Phi) is 6.51. The number of nitrogens with zero attached hydrogens (tertiary/aromatic N) is 3. The zero-order valence-corrected chi connectivity index (χ0v) is 19.1. The van der Waals surface area contributed by atoms with Crippen LogP contribution in [0.15, 0.2) is 24.3 Å². The summed E-state index contributed by atoms with van der Waals surface area (Å²) in [6.45, 7) is 12.3. The average Bonchev–Trinajstić information content (AvgIpc) is 3.03. The molecule has 30 heavy (non-hydrogen) atoms. The first-order valence-corrected chi connectivity index (χ1v) is 11.5. The maximum Gasteiger partial charge on any atom is 0.187 e. The van der Waals surface area contributed by atoms with E-state index < -0.39 is 0 Å². The molecule has 1 aliphatic heterocycles. The second-order valence-electron chi connectivity index (χ2n) is 7.90. The normalized spacial score (nSPS) is 14.9. The third kappa shape index (κ3) is 4.58. The predicted octanol–water partition coefficient (Wildman–Crippen LogP) is 2.76. The molecule has 0 saturated carbocycles. The van der Waals surface area contributed by atoms with Crippen LogP contribution in [0.25, 0.3) is 10.2 Å². The molecule has 0 bridgehead atoms. The van der Waals surface area contributed by atoms with Crippen LogP contribution in [0.4, 0.5) is 5.82 Å². The van der Waals surface area contributed by atoms with Crippen LogP contribution >= 0.6 is 11.3 Å². The molecule has 0 spiro atoms. The van der Waals surface area contributed by atoms with E-state index in [9.17, 15) is 0 Å². The van der Waals surface area contributed by atoms with Crippen LogP contribution in [0.3, 0.4) is 0 Å². The van der Waals surface area contributed by atoms with Crippen molar-refractivity contribution in [2.45, 2.75) is 33.9 Å². The van der Waals surface area contributed by atoms with Gasteiger partial charge < -0.3 is 19.3 Å². The van der Waals surface area contributed by atoms with Gasteiger partial charge in [0.1, 0.15) is 36.0 Å². The van der Waals surface area contributed by atoms with Gasteiger partial charge in [0.05, 0.1) is 25.2 Å². The van der Waals surface area contributed by atoms with Gasteiger partial charge in [-0.15, -0.1) is 11.3 Å². The van der Waals surface area contributed by atoms with Gasteiger partial charge in [-0.3, -0.25) is 0 Å². The van der Waals surface area contributed by atoms with Crippen LogP contribution in [-0.4, -0.2) is 49.9 Å². The summed E-state index contributed by atoms with van der Waals surface area (Å²) in [7, 11) is 2.12. The SMILES string of the molecule is CCOc1ccc(CN(C)c2nc(C[NH+]3CCOCC3)nc3sc(C)c(C)c23)cc1. The summed E-state index contributed by atoms with van der Waals surface area (Å²) in [5, 5.41) is 1.19. The summed E-state index contributed by atoms with van der Waals surface area (Å²) in [4.78, 5) is 16.1. The van der Waals surface area contributed by atoms with Gasteiger partial charge >= 0.3 is 0 Å². The van der Waals surface area contributed by atoms with E-state index in [4.69, 9.17) is 19.4 Å². The molecular weight excluding hydrogens is 396 g/mol. The highest BCUT2D eigenvalue weighted by Gasteiger charge is 2.21. The third-order valence-corrected chi connectivity index (χ3v) is 6.78. The number of aromatic nitrogens is 2. The molecule has 3 aromatic rings. The fourth-order valence-electron chi connectivity index (χ4n) is 3.89. The molecule has 7 heteroatoms. The average molecular weight is 428 g/mol. The van der Waals surface area contributed by atoms with E-state index in [1.54, 1.807) is 11.3 Å². The summed E-state index contributed by atoms with van der Waals surface area (Å²) >= 11 is 1.77. The van der Waals surface area contributed by atoms with Gasteiger partial charge in [0, 0.05) is 18.5 Å². The van der Waals surface area contributed by atoms with Gasteiger partial charge in [-0.2, -0.15) is 0 Å². The number of aryl methyl sites for hydroxylation is 2. The summed E-state index contributed by atoms with van der Waals surface area (Å²) < 4.78 is 11.1. The predicted molar refractivity (Wildman–Crippen MR) is 122 cm³/mol. The monoisotopic (exact) mass is 427 g/mol. The fraction of sp³-hybridized carbons (Fsp3) is 0.478. The lowest BCUT2D eigenvalue weighted by Crippen LogP contribution is -3.12. The van der Waals surface area contributed by atoms with E-state index in [1.807, 2.05) is 19.1 Å². The Bertz CT molecular complexity index is 997. The molecule has 1 aliphatic rings. The number of fused-ring (bicyclic) bond motifs is 1. The Morgan fingerprint density at radius 3 is 2.57 bits per heavy atom. The topological polar surface area (TPSA) is 51.9 Å². The summed E-state index contributed by atoms with van der Waals surface area (Å²) in [5.41, 5.74) is 2.52. The van der Waals surface area contributed by atoms with Crippen molar-refractivity contribution in [1.82, 2.24) is 9.97 Å². The Hall–Kier alpha value is -2.22. The number of ether oxygens (including phenoxy) is 2. The van der Waals surface area contributed by atoms with Crippen LogP contribution < -0.4 is 14.5 Å². The van der Waals surface area contributed by atoms with Gasteiger partial charge in [-0.25, -0.2) is 9.97 Å². The van der Waals surface area contributed by atoms with E-state index >= 15 is 0 Å². The first-order valence-electron chi connectivity index (χ1n) is 10.7. The highest BCUT2D eigenvalue weighted by Crippen LogP contribution is 2.35. The number of anilines is 1. The molecule has 0 radical (unpaired) electrons. The Morgan fingerprint density at radius 1 is 1.13 bits per heavy atom. The van der Waals surface area contributed by atoms with Gasteiger partial charge in [0.25, 0.3) is 0 Å². The largest absolute Gasteiger partial charge is 0.494 e. The van der Waals surface area contributed by atoms with E-state index in [0.29, 0.717) is 6.61 Å². The molecule has 1 saturated heterocycles. The number of hydrogen-bond acceptors (Lipinski definition) is 6.